The summed E-state index contributed by atoms with van der Waals surface area (Å²) in [4.78, 5) is 14.0. The fraction of sp³-hybridized carbons (Fsp3) is 0.562. The van der Waals surface area contributed by atoms with Crippen molar-refractivity contribution in [1.82, 2.24) is 5.32 Å². The Morgan fingerprint density at radius 1 is 1.25 bits per heavy atom. The van der Waals surface area contributed by atoms with Crippen LogP contribution < -0.4 is 10.2 Å². The summed E-state index contributed by atoms with van der Waals surface area (Å²) in [6, 6.07) is 6.75. The Balaban J connectivity index is 1.83. The van der Waals surface area contributed by atoms with Gasteiger partial charge in [-0.1, -0.05) is 0 Å². The molecule has 1 aliphatic heterocycles. The Morgan fingerprint density at radius 2 is 1.83 bits per heavy atom. The number of hydrogen-bond donors (Lipinski definition) is 1. The van der Waals surface area contributed by atoms with E-state index in [1.54, 1.807) is 24.3 Å². The highest BCUT2D eigenvalue weighted by molar-refractivity contribution is 7.90. The zero-order chi connectivity index (χ0) is 17.7. The molecule has 0 unspecified atom stereocenters. The number of nitrogens with one attached hydrogen (secondary N) is 1. The van der Waals surface area contributed by atoms with Gasteiger partial charge in [-0.05, 0) is 43.0 Å². The minimum atomic E-state index is -3.20. The summed E-state index contributed by atoms with van der Waals surface area (Å²) in [7, 11) is -3.20. The van der Waals surface area contributed by atoms with Gasteiger partial charge in [0.2, 0.25) is 5.91 Å². The second-order valence-corrected chi connectivity index (χ2v) is 8.11. The smallest absolute Gasteiger partial charge is 0.255 e. The van der Waals surface area contributed by atoms with Gasteiger partial charge in [-0.2, -0.15) is 0 Å². The molecular formula is C16H22F2N2O3S. The van der Waals surface area contributed by atoms with Gasteiger partial charge in [-0.25, -0.2) is 17.2 Å². The van der Waals surface area contributed by atoms with Crippen LogP contribution in [0.5, 0.6) is 0 Å². The molecule has 5 nitrogen and oxygen atoms in total. The molecule has 0 radical (unpaired) electrons. The topological polar surface area (TPSA) is 66.5 Å². The minimum absolute atomic E-state index is 0.189. The van der Waals surface area contributed by atoms with Crippen molar-refractivity contribution in [3.05, 3.63) is 24.3 Å². The molecular weight excluding hydrogens is 338 g/mol. The number of carbonyl (C=O) groups excluding carboxylic acids is 1. The molecule has 1 N–H and O–H groups in total. The molecule has 0 spiro atoms. The molecule has 0 saturated carbocycles. The normalized spacial score (nSPS) is 16.4. The lowest BCUT2D eigenvalue weighted by Crippen LogP contribution is -2.36. The summed E-state index contributed by atoms with van der Waals surface area (Å²) < 4.78 is 47.0. The van der Waals surface area contributed by atoms with Crippen molar-refractivity contribution in [2.75, 3.05) is 30.8 Å². The number of rotatable bonds is 6. The molecule has 2 rings (SSSR count). The molecule has 0 aliphatic carbocycles. The molecule has 24 heavy (non-hydrogen) atoms. The number of sulfone groups is 1. The van der Waals surface area contributed by atoms with Gasteiger partial charge >= 0.3 is 0 Å². The molecule has 1 saturated heterocycles. The second-order valence-electron chi connectivity index (χ2n) is 6.10. The predicted octanol–water partition coefficient (Wildman–Crippen LogP) is 2.08. The quantitative estimate of drug-likeness (QED) is 0.843. The van der Waals surface area contributed by atoms with E-state index in [0.717, 1.165) is 31.6 Å². The molecule has 8 heteroatoms. The Morgan fingerprint density at radius 3 is 2.33 bits per heavy atom. The molecule has 1 fully saturated rings. The van der Waals surface area contributed by atoms with Crippen molar-refractivity contribution in [2.24, 2.45) is 5.92 Å². The summed E-state index contributed by atoms with van der Waals surface area (Å²) in [5, 5.41) is 2.23. The fourth-order valence-electron chi connectivity index (χ4n) is 2.82. The van der Waals surface area contributed by atoms with Crippen molar-refractivity contribution < 1.29 is 22.0 Å². The lowest BCUT2D eigenvalue weighted by molar-refractivity contribution is -0.122. The largest absolute Gasteiger partial charge is 0.372 e. The van der Waals surface area contributed by atoms with Crippen LogP contribution in [-0.2, 0) is 14.6 Å². The highest BCUT2D eigenvalue weighted by atomic mass is 32.2. The van der Waals surface area contributed by atoms with Crippen LogP contribution in [0.25, 0.3) is 0 Å². The number of alkyl halides is 2. The van der Waals surface area contributed by atoms with Crippen LogP contribution in [0.3, 0.4) is 0 Å². The van der Waals surface area contributed by atoms with Crippen molar-refractivity contribution in [2.45, 2.75) is 30.6 Å². The van der Waals surface area contributed by atoms with Crippen molar-refractivity contribution in [3.8, 4) is 0 Å². The van der Waals surface area contributed by atoms with E-state index < -0.39 is 22.8 Å². The average molecular weight is 360 g/mol. The first-order chi connectivity index (χ1) is 11.3. The lowest BCUT2D eigenvalue weighted by Gasteiger charge is -2.33. The molecule has 1 amide bonds. The maximum absolute atomic E-state index is 12.1. The van der Waals surface area contributed by atoms with Gasteiger partial charge in [-0.3, -0.25) is 4.79 Å². The lowest BCUT2D eigenvalue weighted by atomic mass is 9.93. The van der Waals surface area contributed by atoms with Crippen molar-refractivity contribution in [3.63, 3.8) is 0 Å². The van der Waals surface area contributed by atoms with E-state index in [4.69, 9.17) is 0 Å². The number of carbonyl (C=O) groups is 1. The monoisotopic (exact) mass is 360 g/mol. The standard InChI is InChI=1S/C16H22F2N2O3S/c1-24(22,23)14-4-2-13(3-5-14)20-8-6-12(7-9-20)10-16(21)19-11-15(17)18/h2-5,12,15H,6-11H2,1H3,(H,19,21). The molecule has 1 aliphatic rings. The number of hydrogen-bond acceptors (Lipinski definition) is 4. The SMILES string of the molecule is CS(=O)(=O)c1ccc(N2CCC(CC(=O)NCC(F)F)CC2)cc1. The van der Waals surface area contributed by atoms with Crippen LogP contribution >= 0.6 is 0 Å². The molecule has 1 heterocycles. The van der Waals surface area contributed by atoms with Gasteiger partial charge < -0.3 is 10.2 Å². The number of halogens is 2. The molecule has 0 atom stereocenters. The number of piperidine rings is 1. The first-order valence-electron chi connectivity index (χ1n) is 7.85. The summed E-state index contributed by atoms with van der Waals surface area (Å²) in [5.41, 5.74) is 0.947. The van der Waals surface area contributed by atoms with Gasteiger partial charge in [0, 0.05) is 31.5 Å². The first-order valence-corrected chi connectivity index (χ1v) is 9.75. The van der Waals surface area contributed by atoms with Crippen LogP contribution in [-0.4, -0.2) is 46.6 Å². The van der Waals surface area contributed by atoms with E-state index >= 15 is 0 Å². The third-order valence-corrected chi connectivity index (χ3v) is 5.30. The summed E-state index contributed by atoms with van der Waals surface area (Å²) in [6.45, 7) is 0.917. The summed E-state index contributed by atoms with van der Waals surface area (Å²) in [5.74, 6) is -0.138. The van der Waals surface area contributed by atoms with Crippen LogP contribution in [0, 0.1) is 5.92 Å². The highest BCUT2D eigenvalue weighted by Crippen LogP contribution is 2.26. The molecule has 1 aromatic rings. The van der Waals surface area contributed by atoms with E-state index in [-0.39, 0.29) is 23.1 Å². The second kappa shape index (κ2) is 7.92. The molecule has 1 aromatic carbocycles. The zero-order valence-corrected chi connectivity index (χ0v) is 14.4. The van der Waals surface area contributed by atoms with Gasteiger partial charge in [0.1, 0.15) is 0 Å². The number of amides is 1. The van der Waals surface area contributed by atoms with Crippen LogP contribution in [0.4, 0.5) is 14.5 Å². The summed E-state index contributed by atoms with van der Waals surface area (Å²) in [6.07, 6.45) is 0.525. The van der Waals surface area contributed by atoms with Crippen molar-refractivity contribution in [1.29, 1.82) is 0 Å². The van der Waals surface area contributed by atoms with E-state index in [1.165, 1.54) is 6.26 Å². The van der Waals surface area contributed by atoms with Crippen LogP contribution in [0.2, 0.25) is 0 Å². The van der Waals surface area contributed by atoms with Gasteiger partial charge in [0.25, 0.3) is 6.43 Å². The summed E-state index contributed by atoms with van der Waals surface area (Å²) >= 11 is 0. The Hall–Kier alpha value is -1.70. The van der Waals surface area contributed by atoms with Gasteiger partial charge in [-0.15, -0.1) is 0 Å². The van der Waals surface area contributed by atoms with E-state index in [1.807, 2.05) is 0 Å². The highest BCUT2D eigenvalue weighted by Gasteiger charge is 2.22. The maximum atomic E-state index is 12.1. The van der Waals surface area contributed by atoms with E-state index in [2.05, 4.69) is 10.2 Å². The Labute approximate surface area is 141 Å². The first kappa shape index (κ1) is 18.6. The predicted molar refractivity (Wildman–Crippen MR) is 88.1 cm³/mol. The van der Waals surface area contributed by atoms with Gasteiger partial charge in [0.15, 0.2) is 9.84 Å². The van der Waals surface area contributed by atoms with E-state index in [0.29, 0.717) is 0 Å². The number of anilines is 1. The maximum Gasteiger partial charge on any atom is 0.255 e. The van der Waals surface area contributed by atoms with Gasteiger partial charge in [0.05, 0.1) is 11.4 Å². The van der Waals surface area contributed by atoms with E-state index in [9.17, 15) is 22.0 Å². The number of benzene rings is 1. The Kier molecular flexibility index (Phi) is 6.15. The number of nitrogens with zero attached hydrogens (tertiary/aromatic N) is 1. The molecule has 134 valence electrons. The molecule has 0 bridgehead atoms. The minimum Gasteiger partial charge on any atom is -0.372 e. The zero-order valence-electron chi connectivity index (χ0n) is 13.5. The third-order valence-electron chi connectivity index (χ3n) is 4.17. The van der Waals surface area contributed by atoms with Crippen molar-refractivity contribution >= 4 is 21.4 Å². The fourth-order valence-corrected chi connectivity index (χ4v) is 3.46. The average Bonchev–Trinajstić information content (AvgIpc) is 2.53. The molecule has 0 aromatic heterocycles. The van der Waals surface area contributed by atoms with Crippen LogP contribution in [0.1, 0.15) is 19.3 Å². The Bertz CT molecular complexity index is 654. The third kappa shape index (κ3) is 5.43. The van der Waals surface area contributed by atoms with Crippen LogP contribution in [0.15, 0.2) is 29.2 Å².